The Bertz CT molecular complexity index is 1230. The number of piperidine rings is 1. The number of nitrogens with zero attached hydrogens (tertiary/aromatic N) is 4. The van der Waals surface area contributed by atoms with Crippen molar-refractivity contribution < 1.29 is 4.79 Å². The third-order valence-electron chi connectivity index (χ3n) is 6.18. The Hall–Kier alpha value is -3.19. The molecule has 6 rings (SSSR count). The molecule has 0 radical (unpaired) electrons. The second kappa shape index (κ2) is 6.15. The average molecular weight is 401 g/mol. The van der Waals surface area contributed by atoms with E-state index < -0.39 is 0 Å². The van der Waals surface area contributed by atoms with E-state index in [9.17, 15) is 4.79 Å². The molecule has 0 unspecified atom stereocenters. The fraction of sp³-hybridized carbons (Fsp3) is 0.227. The lowest BCUT2D eigenvalue weighted by Gasteiger charge is -2.46. The summed E-state index contributed by atoms with van der Waals surface area (Å²) in [7, 11) is 0. The number of para-hydroxylation sites is 2. The second-order valence-electron chi connectivity index (χ2n) is 7.75. The van der Waals surface area contributed by atoms with E-state index in [4.69, 9.17) is 0 Å². The number of hydrogen-bond acceptors (Lipinski definition) is 5. The number of anilines is 1. The number of fused-ring (bicyclic) bond motifs is 5. The molecule has 1 spiro atoms. The van der Waals surface area contributed by atoms with E-state index in [1.165, 1.54) is 23.1 Å². The number of carbonyl (C=O) groups excluding carboxylic acids is 1. The zero-order valence-corrected chi connectivity index (χ0v) is 16.5. The Labute approximate surface area is 172 Å². The van der Waals surface area contributed by atoms with Gasteiger partial charge >= 0.3 is 0 Å². The van der Waals surface area contributed by atoms with Crippen molar-refractivity contribution in [3.05, 3.63) is 72.1 Å². The summed E-state index contributed by atoms with van der Waals surface area (Å²) in [6.07, 6.45) is 3.88. The minimum absolute atomic E-state index is 0.0707. The molecular weight excluding hydrogens is 382 g/mol. The predicted molar refractivity (Wildman–Crippen MR) is 114 cm³/mol. The summed E-state index contributed by atoms with van der Waals surface area (Å²) < 4.78 is 10.8. The Morgan fingerprint density at radius 2 is 1.83 bits per heavy atom. The maximum atomic E-state index is 13.1. The van der Waals surface area contributed by atoms with Gasteiger partial charge in [-0.2, -0.15) is 8.75 Å². The summed E-state index contributed by atoms with van der Waals surface area (Å²) in [5, 5.41) is 3.80. The Balaban J connectivity index is 1.27. The van der Waals surface area contributed by atoms with Crippen molar-refractivity contribution in [1.82, 2.24) is 18.2 Å². The monoisotopic (exact) mass is 401 g/mol. The molecule has 0 atom stereocenters. The van der Waals surface area contributed by atoms with Gasteiger partial charge in [0.2, 0.25) is 0 Å². The molecule has 2 aromatic heterocycles. The number of likely N-dealkylation sites (tertiary alicyclic amines) is 1. The van der Waals surface area contributed by atoms with Crippen molar-refractivity contribution in [2.24, 2.45) is 0 Å². The van der Waals surface area contributed by atoms with Gasteiger partial charge in [0, 0.05) is 30.5 Å². The summed E-state index contributed by atoms with van der Waals surface area (Å²) >= 11 is 1.18. The highest BCUT2D eigenvalue weighted by Gasteiger charge is 2.42. The van der Waals surface area contributed by atoms with Crippen molar-refractivity contribution in [1.29, 1.82) is 0 Å². The molecule has 2 aliphatic rings. The normalized spacial score (nSPS) is 17.0. The lowest BCUT2D eigenvalue weighted by Crippen LogP contribution is -2.51. The van der Waals surface area contributed by atoms with Crippen LogP contribution in [0.3, 0.4) is 0 Å². The molecule has 4 aromatic rings. The molecule has 7 heteroatoms. The van der Waals surface area contributed by atoms with E-state index in [0.29, 0.717) is 18.7 Å². The third kappa shape index (κ3) is 2.50. The second-order valence-corrected chi connectivity index (χ2v) is 8.28. The molecule has 1 fully saturated rings. The van der Waals surface area contributed by atoms with Gasteiger partial charge in [0.1, 0.15) is 11.0 Å². The van der Waals surface area contributed by atoms with Crippen molar-refractivity contribution in [2.75, 3.05) is 18.4 Å². The highest BCUT2D eigenvalue weighted by molar-refractivity contribution is 7.00. The molecular formula is C22H19N5OS. The number of rotatable bonds is 1. The van der Waals surface area contributed by atoms with E-state index in [1.54, 1.807) is 0 Å². The van der Waals surface area contributed by atoms with Crippen LogP contribution in [0.15, 0.2) is 60.8 Å². The Morgan fingerprint density at radius 3 is 2.72 bits per heavy atom. The van der Waals surface area contributed by atoms with Crippen LogP contribution in [0.5, 0.6) is 0 Å². The van der Waals surface area contributed by atoms with Gasteiger partial charge in [0.15, 0.2) is 0 Å². The lowest BCUT2D eigenvalue weighted by molar-refractivity contribution is 0.0676. The van der Waals surface area contributed by atoms with Crippen LogP contribution in [-0.4, -0.2) is 37.2 Å². The first kappa shape index (κ1) is 16.7. The Morgan fingerprint density at radius 1 is 1.00 bits per heavy atom. The molecule has 2 aliphatic heterocycles. The van der Waals surface area contributed by atoms with Gasteiger partial charge in [-0.05, 0) is 55.3 Å². The summed E-state index contributed by atoms with van der Waals surface area (Å²) in [5.74, 6) is 0.0707. The SMILES string of the molecule is O=C(c1ccc2nsnc2c1)N1CCC2(CC1)Nc1ccccc1-n1cccc12. The summed E-state index contributed by atoms with van der Waals surface area (Å²) in [4.78, 5) is 15.0. The molecule has 4 heterocycles. The van der Waals surface area contributed by atoms with Crippen LogP contribution in [0.4, 0.5) is 5.69 Å². The van der Waals surface area contributed by atoms with Gasteiger partial charge in [-0.15, -0.1) is 0 Å². The first-order chi connectivity index (χ1) is 14.2. The number of benzene rings is 2. The van der Waals surface area contributed by atoms with Crippen molar-refractivity contribution >= 4 is 34.4 Å². The Kier molecular flexibility index (Phi) is 3.55. The van der Waals surface area contributed by atoms with Gasteiger partial charge < -0.3 is 14.8 Å². The highest BCUT2D eigenvalue weighted by atomic mass is 32.1. The number of hydrogen-bond donors (Lipinski definition) is 1. The lowest BCUT2D eigenvalue weighted by atomic mass is 9.82. The van der Waals surface area contributed by atoms with Gasteiger partial charge in [-0.3, -0.25) is 4.79 Å². The minimum Gasteiger partial charge on any atom is -0.372 e. The molecule has 29 heavy (non-hydrogen) atoms. The van der Waals surface area contributed by atoms with Crippen LogP contribution < -0.4 is 5.32 Å². The smallest absolute Gasteiger partial charge is 0.253 e. The standard InChI is InChI=1S/C22H19N5OS/c28-21(15-7-8-16-18(14-15)25-29-24-16)26-12-9-22(10-13-26)20-6-3-11-27(20)19-5-2-1-4-17(19)23-22/h1-8,11,14,23H,9-10,12-13H2. The zero-order valence-electron chi connectivity index (χ0n) is 15.7. The molecule has 1 saturated heterocycles. The van der Waals surface area contributed by atoms with Gasteiger partial charge in [0.05, 0.1) is 28.6 Å². The highest BCUT2D eigenvalue weighted by Crippen LogP contribution is 2.43. The summed E-state index contributed by atoms with van der Waals surface area (Å²) in [6.45, 7) is 1.43. The maximum Gasteiger partial charge on any atom is 0.253 e. The molecule has 0 saturated carbocycles. The van der Waals surface area contributed by atoms with Crippen LogP contribution in [0.25, 0.3) is 16.7 Å². The van der Waals surface area contributed by atoms with Gasteiger partial charge in [0.25, 0.3) is 5.91 Å². The van der Waals surface area contributed by atoms with Crippen LogP contribution in [0.2, 0.25) is 0 Å². The number of amides is 1. The summed E-state index contributed by atoms with van der Waals surface area (Å²) in [5.41, 5.74) is 5.79. The maximum absolute atomic E-state index is 13.1. The van der Waals surface area contributed by atoms with E-state index in [2.05, 4.69) is 61.2 Å². The average Bonchev–Trinajstić information content (AvgIpc) is 3.44. The van der Waals surface area contributed by atoms with E-state index in [0.717, 1.165) is 29.6 Å². The summed E-state index contributed by atoms with van der Waals surface area (Å²) in [6, 6.07) is 18.3. The van der Waals surface area contributed by atoms with E-state index >= 15 is 0 Å². The number of nitrogens with one attached hydrogen (secondary N) is 1. The number of carbonyl (C=O) groups is 1. The zero-order chi connectivity index (χ0) is 19.4. The molecule has 2 aromatic carbocycles. The fourth-order valence-electron chi connectivity index (χ4n) is 4.66. The van der Waals surface area contributed by atoms with Crippen molar-refractivity contribution in [3.63, 3.8) is 0 Å². The van der Waals surface area contributed by atoms with E-state index in [1.807, 2.05) is 23.1 Å². The topological polar surface area (TPSA) is 63.1 Å². The molecule has 0 aliphatic carbocycles. The molecule has 1 amide bonds. The van der Waals surface area contributed by atoms with Crippen LogP contribution >= 0.6 is 11.7 Å². The predicted octanol–water partition coefficient (Wildman–Crippen LogP) is 4.04. The largest absolute Gasteiger partial charge is 0.372 e. The van der Waals surface area contributed by atoms with Crippen LogP contribution in [-0.2, 0) is 5.54 Å². The van der Waals surface area contributed by atoms with E-state index in [-0.39, 0.29) is 11.4 Å². The first-order valence-electron chi connectivity index (χ1n) is 9.81. The first-order valence-corrected chi connectivity index (χ1v) is 10.5. The fourth-order valence-corrected chi connectivity index (χ4v) is 5.18. The quantitative estimate of drug-likeness (QED) is 0.523. The molecule has 144 valence electrons. The third-order valence-corrected chi connectivity index (χ3v) is 6.74. The van der Waals surface area contributed by atoms with Gasteiger partial charge in [-0.1, -0.05) is 12.1 Å². The van der Waals surface area contributed by atoms with Crippen molar-refractivity contribution in [2.45, 2.75) is 18.4 Å². The minimum atomic E-state index is -0.141. The van der Waals surface area contributed by atoms with Gasteiger partial charge in [-0.25, -0.2) is 0 Å². The molecule has 6 nitrogen and oxygen atoms in total. The van der Waals surface area contributed by atoms with Crippen LogP contribution in [0.1, 0.15) is 28.9 Å². The van der Waals surface area contributed by atoms with Crippen LogP contribution in [0, 0.1) is 0 Å². The number of aromatic nitrogens is 3. The molecule has 1 N–H and O–H groups in total. The van der Waals surface area contributed by atoms with Crippen molar-refractivity contribution in [3.8, 4) is 5.69 Å². The molecule has 0 bridgehead atoms.